The summed E-state index contributed by atoms with van der Waals surface area (Å²) in [6.07, 6.45) is -2.31. The van der Waals surface area contributed by atoms with Crippen LogP contribution in [0.1, 0.15) is 32.8 Å². The second-order valence-electron chi connectivity index (χ2n) is 7.21. The number of rotatable bonds is 3. The first-order valence-corrected chi connectivity index (χ1v) is 8.48. The molecule has 6 nitrogen and oxygen atoms in total. The highest BCUT2D eigenvalue weighted by atomic mass is 35.5. The van der Waals surface area contributed by atoms with Crippen LogP contribution in [0, 0.1) is 10.8 Å². The molecule has 1 aromatic heterocycles. The molecule has 3 N–H and O–H groups in total. The average Bonchev–Trinajstić information content (AvgIpc) is 2.45. The van der Waals surface area contributed by atoms with Crippen molar-refractivity contribution in [3.8, 4) is 0 Å². The van der Waals surface area contributed by atoms with E-state index in [9.17, 15) is 23.1 Å². The summed E-state index contributed by atoms with van der Waals surface area (Å²) in [4.78, 5) is 17.6. The second kappa shape index (κ2) is 7.38. The molecule has 10 heteroatoms. The fourth-order valence-electron chi connectivity index (χ4n) is 2.32. The van der Waals surface area contributed by atoms with Crippen molar-refractivity contribution in [1.82, 2.24) is 10.3 Å². The zero-order valence-electron chi connectivity index (χ0n) is 15.0. The highest BCUT2D eigenvalue weighted by molar-refractivity contribution is 6.33. The normalized spacial score (nSPS) is 18.1. The Kier molecular flexibility index (Phi) is 5.74. The number of nitrogens with zero attached hydrogens (tertiary/aromatic N) is 2. The van der Waals surface area contributed by atoms with Gasteiger partial charge in [0, 0.05) is 24.2 Å². The summed E-state index contributed by atoms with van der Waals surface area (Å²) >= 11 is 5.92. The van der Waals surface area contributed by atoms with E-state index in [-0.39, 0.29) is 22.4 Å². The monoisotopic (exact) mass is 404 g/mol. The van der Waals surface area contributed by atoms with Crippen LogP contribution >= 0.6 is 11.6 Å². The molecule has 1 aromatic rings. The number of aromatic nitrogens is 1. The maximum absolute atomic E-state index is 12.7. The number of aliphatic hydroxyl groups is 1. The van der Waals surface area contributed by atoms with Crippen molar-refractivity contribution < 1.29 is 23.1 Å². The van der Waals surface area contributed by atoms with Crippen molar-refractivity contribution in [2.75, 3.05) is 11.4 Å². The third-order valence-corrected chi connectivity index (χ3v) is 4.33. The molecule has 2 heterocycles. The highest BCUT2D eigenvalue weighted by Gasteiger charge is 2.38. The van der Waals surface area contributed by atoms with Gasteiger partial charge >= 0.3 is 6.18 Å². The van der Waals surface area contributed by atoms with Crippen LogP contribution in [0.15, 0.2) is 24.1 Å². The van der Waals surface area contributed by atoms with Crippen LogP contribution in [0.3, 0.4) is 0 Å². The lowest BCUT2D eigenvalue weighted by molar-refractivity contribution is -0.137. The van der Waals surface area contributed by atoms with E-state index in [0.29, 0.717) is 19.2 Å². The number of alkyl halides is 3. The number of aliphatic hydroxyl groups excluding tert-OH is 1. The first-order chi connectivity index (χ1) is 12.3. The Morgan fingerprint density at radius 2 is 2.07 bits per heavy atom. The fourth-order valence-corrected chi connectivity index (χ4v) is 2.59. The molecule has 1 aliphatic heterocycles. The molecular weight excluding hydrogens is 385 g/mol. The van der Waals surface area contributed by atoms with Gasteiger partial charge in [0.15, 0.2) is 0 Å². The molecule has 0 bridgehead atoms. The molecule has 0 aromatic carbocycles. The van der Waals surface area contributed by atoms with Crippen molar-refractivity contribution in [3.63, 3.8) is 0 Å². The van der Waals surface area contributed by atoms with Crippen LogP contribution in [0.5, 0.6) is 0 Å². The van der Waals surface area contributed by atoms with Gasteiger partial charge < -0.3 is 15.3 Å². The summed E-state index contributed by atoms with van der Waals surface area (Å²) in [6.45, 7) is 5.65. The number of nitrogens with one attached hydrogen (secondary N) is 2. The fraction of sp³-hybridized carbons (Fsp3) is 0.471. The standard InChI is InChI=1S/C17H20ClF3N4O2/c1-16(2,3)12(26)7-13(22)24-15(27)11-4-5-25(11)14-10(18)6-9(8-23-14)17(19,20)21/h6-8,11,26H,4-5H2,1-3H3,(H2,22,24,27)/b12-7-. The summed E-state index contributed by atoms with van der Waals surface area (Å²) < 4.78 is 38.1. The molecule has 0 spiro atoms. The Morgan fingerprint density at radius 1 is 1.44 bits per heavy atom. The van der Waals surface area contributed by atoms with Gasteiger partial charge in [-0.3, -0.25) is 10.2 Å². The smallest absolute Gasteiger partial charge is 0.417 e. The molecule has 0 radical (unpaired) electrons. The molecule has 27 heavy (non-hydrogen) atoms. The maximum atomic E-state index is 12.7. The molecule has 148 valence electrons. The third-order valence-electron chi connectivity index (χ3n) is 4.05. The predicted molar refractivity (Wildman–Crippen MR) is 96.0 cm³/mol. The minimum atomic E-state index is -4.56. The van der Waals surface area contributed by atoms with Crippen molar-refractivity contribution in [3.05, 3.63) is 34.7 Å². The number of anilines is 1. The summed E-state index contributed by atoms with van der Waals surface area (Å²) in [7, 11) is 0. The molecule has 1 saturated heterocycles. The van der Waals surface area contributed by atoms with Crippen molar-refractivity contribution in [2.24, 2.45) is 5.41 Å². The summed E-state index contributed by atoms with van der Waals surface area (Å²) in [6, 6.07) is 0.0563. The molecule has 1 amide bonds. The van der Waals surface area contributed by atoms with E-state index >= 15 is 0 Å². The van der Waals surface area contributed by atoms with Gasteiger partial charge in [0.2, 0.25) is 5.91 Å². The van der Waals surface area contributed by atoms with E-state index in [2.05, 4.69) is 10.3 Å². The van der Waals surface area contributed by atoms with Gasteiger partial charge in [-0.2, -0.15) is 13.2 Å². The lowest BCUT2D eigenvalue weighted by atomic mass is 9.93. The minimum Gasteiger partial charge on any atom is -0.512 e. The number of pyridine rings is 1. The Hall–Kier alpha value is -2.29. The van der Waals surface area contributed by atoms with Crippen molar-refractivity contribution in [1.29, 1.82) is 5.41 Å². The van der Waals surface area contributed by atoms with E-state index in [1.54, 1.807) is 20.8 Å². The summed E-state index contributed by atoms with van der Waals surface area (Å²) in [5.74, 6) is -0.797. The van der Waals surface area contributed by atoms with Crippen LogP contribution in [0.2, 0.25) is 5.02 Å². The molecule has 0 saturated carbocycles. The number of hydrogen-bond acceptors (Lipinski definition) is 5. The lowest BCUT2D eigenvalue weighted by Gasteiger charge is -2.41. The van der Waals surface area contributed by atoms with E-state index in [1.807, 2.05) is 0 Å². The Bertz CT molecular complexity index is 787. The van der Waals surface area contributed by atoms with Crippen molar-refractivity contribution >= 4 is 29.2 Å². The largest absolute Gasteiger partial charge is 0.512 e. The number of carbonyl (C=O) groups is 1. The van der Waals surface area contributed by atoms with Crippen LogP contribution in [0.25, 0.3) is 0 Å². The lowest BCUT2D eigenvalue weighted by Crippen LogP contribution is -2.57. The number of amides is 1. The van der Waals surface area contributed by atoms with E-state index in [0.717, 1.165) is 12.1 Å². The molecule has 1 aliphatic rings. The van der Waals surface area contributed by atoms with E-state index in [4.69, 9.17) is 17.0 Å². The topological polar surface area (TPSA) is 89.3 Å². The summed E-state index contributed by atoms with van der Waals surface area (Å²) in [5.41, 5.74) is -1.54. The minimum absolute atomic E-state index is 0.0642. The molecule has 1 fully saturated rings. The van der Waals surface area contributed by atoms with Crippen LogP contribution in [-0.4, -0.2) is 34.4 Å². The first kappa shape index (κ1) is 21.0. The van der Waals surface area contributed by atoms with Gasteiger partial charge in [-0.1, -0.05) is 32.4 Å². The Labute approximate surface area is 159 Å². The number of halogens is 4. The first-order valence-electron chi connectivity index (χ1n) is 8.10. The second-order valence-corrected chi connectivity index (χ2v) is 7.61. The molecule has 2 rings (SSSR count). The van der Waals surface area contributed by atoms with Crippen LogP contribution in [-0.2, 0) is 11.0 Å². The quantitative estimate of drug-likeness (QED) is 0.405. The van der Waals surface area contributed by atoms with Gasteiger partial charge in [0.25, 0.3) is 0 Å². The van der Waals surface area contributed by atoms with Crippen molar-refractivity contribution in [2.45, 2.75) is 39.4 Å². The van der Waals surface area contributed by atoms with Gasteiger partial charge in [-0.05, 0) is 12.5 Å². The number of carbonyl (C=O) groups excluding carboxylic acids is 1. The number of hydrogen-bond donors (Lipinski definition) is 3. The highest BCUT2D eigenvalue weighted by Crippen LogP contribution is 2.36. The Morgan fingerprint density at radius 3 is 2.52 bits per heavy atom. The van der Waals surface area contributed by atoms with Gasteiger partial charge in [-0.15, -0.1) is 0 Å². The average molecular weight is 405 g/mol. The molecule has 1 unspecified atom stereocenters. The molecular formula is C17H20ClF3N4O2. The van der Waals surface area contributed by atoms with E-state index in [1.165, 1.54) is 4.90 Å². The van der Waals surface area contributed by atoms with Crippen LogP contribution < -0.4 is 10.2 Å². The maximum Gasteiger partial charge on any atom is 0.417 e. The Balaban J connectivity index is 2.09. The van der Waals surface area contributed by atoms with Crippen LogP contribution in [0.4, 0.5) is 19.0 Å². The zero-order chi connectivity index (χ0) is 20.6. The SMILES string of the molecule is CC(C)(C)/C(O)=C/C(=N)NC(=O)C1CCN1c1ncc(C(F)(F)F)cc1Cl. The third kappa shape index (κ3) is 4.91. The van der Waals surface area contributed by atoms with Gasteiger partial charge in [0.05, 0.1) is 10.6 Å². The summed E-state index contributed by atoms with van der Waals surface area (Å²) in [5, 5.41) is 19.8. The number of amidine groups is 1. The molecule has 0 aliphatic carbocycles. The van der Waals surface area contributed by atoms with Gasteiger partial charge in [0.1, 0.15) is 23.5 Å². The molecule has 1 atom stereocenters. The predicted octanol–water partition coefficient (Wildman–Crippen LogP) is 3.91. The van der Waals surface area contributed by atoms with Gasteiger partial charge in [-0.25, -0.2) is 4.98 Å². The van der Waals surface area contributed by atoms with E-state index < -0.39 is 29.1 Å². The number of allylic oxidation sites excluding steroid dienone is 1. The zero-order valence-corrected chi connectivity index (χ0v) is 15.7.